The molecule has 198 valence electrons. The van der Waals surface area contributed by atoms with Gasteiger partial charge in [0.25, 0.3) is 10.0 Å². The predicted molar refractivity (Wildman–Crippen MR) is 132 cm³/mol. The minimum absolute atomic E-state index is 0.0223. The van der Waals surface area contributed by atoms with E-state index in [0.29, 0.717) is 12.2 Å². The summed E-state index contributed by atoms with van der Waals surface area (Å²) in [6, 6.07) is 19.3. The predicted octanol–water partition coefficient (Wildman–Crippen LogP) is 5.07. The number of rotatable bonds is 7. The molecule has 0 aliphatic carbocycles. The summed E-state index contributed by atoms with van der Waals surface area (Å²) in [5.74, 6) is -3.88. The molecular formula is C25H25F3N2O6S. The van der Waals surface area contributed by atoms with Crippen molar-refractivity contribution in [3.8, 4) is 0 Å². The summed E-state index contributed by atoms with van der Waals surface area (Å²) in [5.41, 5.74) is 3.42. The van der Waals surface area contributed by atoms with Gasteiger partial charge in [0.15, 0.2) is 0 Å². The SMILES string of the molecule is Cc1cc(C)cc(S(=O)(=O)Nc2ccc(N(C)Cc3ccccc3)c(C(=O)O)c2)c1.O=C(O)C(F)(F)F. The number of sulfonamides is 1. The number of aryl methyl sites for hydroxylation is 2. The van der Waals surface area contributed by atoms with Gasteiger partial charge in [-0.25, -0.2) is 18.0 Å². The Bertz CT molecular complexity index is 1360. The fourth-order valence-corrected chi connectivity index (χ4v) is 4.59. The molecule has 0 aliphatic heterocycles. The first-order chi connectivity index (χ1) is 17.1. The molecule has 0 amide bonds. The van der Waals surface area contributed by atoms with E-state index in [1.807, 2.05) is 55.1 Å². The van der Waals surface area contributed by atoms with Crippen LogP contribution in [0, 0.1) is 13.8 Å². The minimum Gasteiger partial charge on any atom is -0.478 e. The van der Waals surface area contributed by atoms with Gasteiger partial charge >= 0.3 is 18.1 Å². The van der Waals surface area contributed by atoms with Crippen LogP contribution in [0.2, 0.25) is 0 Å². The lowest BCUT2D eigenvalue weighted by Gasteiger charge is -2.22. The number of hydrogen-bond acceptors (Lipinski definition) is 5. The average Bonchev–Trinajstić information content (AvgIpc) is 2.78. The molecule has 0 heterocycles. The Labute approximate surface area is 212 Å². The zero-order valence-corrected chi connectivity index (χ0v) is 20.9. The molecule has 3 aromatic carbocycles. The van der Waals surface area contributed by atoms with E-state index >= 15 is 0 Å². The van der Waals surface area contributed by atoms with Crippen LogP contribution < -0.4 is 9.62 Å². The van der Waals surface area contributed by atoms with Crippen LogP contribution in [0.1, 0.15) is 27.0 Å². The zero-order valence-electron chi connectivity index (χ0n) is 20.1. The second-order valence-corrected chi connectivity index (χ2v) is 9.79. The van der Waals surface area contributed by atoms with Crippen molar-refractivity contribution in [1.29, 1.82) is 0 Å². The van der Waals surface area contributed by atoms with Gasteiger partial charge in [0.2, 0.25) is 0 Å². The molecule has 8 nitrogen and oxygen atoms in total. The summed E-state index contributed by atoms with van der Waals surface area (Å²) in [6.07, 6.45) is -5.08. The van der Waals surface area contributed by atoms with Gasteiger partial charge in [-0.3, -0.25) is 4.72 Å². The quantitative estimate of drug-likeness (QED) is 0.384. The maximum Gasteiger partial charge on any atom is 0.490 e. The van der Waals surface area contributed by atoms with Crippen LogP contribution in [-0.2, 0) is 21.4 Å². The van der Waals surface area contributed by atoms with Crippen LogP contribution in [0.5, 0.6) is 0 Å². The van der Waals surface area contributed by atoms with Crippen molar-refractivity contribution in [2.24, 2.45) is 0 Å². The molecule has 37 heavy (non-hydrogen) atoms. The molecular weight excluding hydrogens is 513 g/mol. The van der Waals surface area contributed by atoms with E-state index in [4.69, 9.17) is 9.90 Å². The van der Waals surface area contributed by atoms with E-state index in [1.54, 1.807) is 31.3 Å². The van der Waals surface area contributed by atoms with Crippen molar-refractivity contribution in [3.63, 3.8) is 0 Å². The lowest BCUT2D eigenvalue weighted by Crippen LogP contribution is -2.21. The van der Waals surface area contributed by atoms with Gasteiger partial charge < -0.3 is 15.1 Å². The maximum atomic E-state index is 12.8. The molecule has 0 saturated carbocycles. The minimum atomic E-state index is -5.08. The topological polar surface area (TPSA) is 124 Å². The van der Waals surface area contributed by atoms with Gasteiger partial charge in [-0.1, -0.05) is 36.4 Å². The first kappa shape index (κ1) is 29.2. The molecule has 12 heteroatoms. The highest BCUT2D eigenvalue weighted by Crippen LogP contribution is 2.27. The maximum absolute atomic E-state index is 12.8. The summed E-state index contributed by atoms with van der Waals surface area (Å²) in [5, 5.41) is 16.8. The number of hydrogen-bond donors (Lipinski definition) is 3. The number of carboxylic acid groups (broad SMARTS) is 2. The highest BCUT2D eigenvalue weighted by molar-refractivity contribution is 7.92. The fraction of sp³-hybridized carbons (Fsp3) is 0.200. The Balaban J connectivity index is 0.000000604. The number of carboxylic acids is 2. The Kier molecular flexibility index (Phi) is 9.29. The molecule has 0 radical (unpaired) electrons. The average molecular weight is 539 g/mol. The van der Waals surface area contributed by atoms with Crippen molar-refractivity contribution in [1.82, 2.24) is 0 Å². The van der Waals surface area contributed by atoms with E-state index in [9.17, 15) is 31.5 Å². The lowest BCUT2D eigenvalue weighted by molar-refractivity contribution is -0.192. The highest BCUT2D eigenvalue weighted by Gasteiger charge is 2.38. The molecule has 0 aliphatic rings. The van der Waals surface area contributed by atoms with E-state index < -0.39 is 28.1 Å². The van der Waals surface area contributed by atoms with Gasteiger partial charge in [0.1, 0.15) is 0 Å². The number of carbonyl (C=O) groups is 2. The Hall–Kier alpha value is -4.06. The summed E-state index contributed by atoms with van der Waals surface area (Å²) in [4.78, 5) is 22.7. The van der Waals surface area contributed by atoms with Crippen molar-refractivity contribution in [2.45, 2.75) is 31.5 Å². The van der Waals surface area contributed by atoms with Crippen molar-refractivity contribution in [3.05, 3.63) is 89.0 Å². The normalized spacial score (nSPS) is 11.2. The molecule has 3 N–H and O–H groups in total. The number of alkyl halides is 3. The second kappa shape index (κ2) is 11.8. The van der Waals surface area contributed by atoms with Crippen LogP contribution in [0.15, 0.2) is 71.6 Å². The summed E-state index contributed by atoms with van der Waals surface area (Å²) < 4.78 is 59.8. The Morgan fingerprint density at radius 2 is 1.46 bits per heavy atom. The van der Waals surface area contributed by atoms with E-state index in [1.165, 1.54) is 6.07 Å². The molecule has 0 bridgehead atoms. The molecule has 0 unspecified atom stereocenters. The van der Waals surface area contributed by atoms with Gasteiger partial charge in [-0.05, 0) is 60.9 Å². The van der Waals surface area contributed by atoms with Crippen LogP contribution in [0.25, 0.3) is 0 Å². The Morgan fingerprint density at radius 3 is 1.95 bits per heavy atom. The van der Waals surface area contributed by atoms with Crippen LogP contribution >= 0.6 is 0 Å². The van der Waals surface area contributed by atoms with Crippen molar-refractivity contribution >= 4 is 33.3 Å². The fourth-order valence-electron chi connectivity index (χ4n) is 3.35. The summed E-state index contributed by atoms with van der Waals surface area (Å²) >= 11 is 0. The molecule has 0 atom stereocenters. The number of nitrogens with zero attached hydrogens (tertiary/aromatic N) is 1. The van der Waals surface area contributed by atoms with E-state index in [0.717, 1.165) is 16.7 Å². The monoisotopic (exact) mass is 538 g/mol. The van der Waals surface area contributed by atoms with E-state index in [-0.39, 0.29) is 16.1 Å². The van der Waals surface area contributed by atoms with Crippen LogP contribution in [-0.4, -0.2) is 43.8 Å². The first-order valence-corrected chi connectivity index (χ1v) is 12.1. The third-order valence-electron chi connectivity index (χ3n) is 4.90. The number of aliphatic carboxylic acids is 1. The molecule has 3 aromatic rings. The van der Waals surface area contributed by atoms with Gasteiger partial charge in [0.05, 0.1) is 16.1 Å². The summed E-state index contributed by atoms with van der Waals surface area (Å²) in [6.45, 7) is 4.17. The van der Waals surface area contributed by atoms with Crippen molar-refractivity contribution in [2.75, 3.05) is 16.7 Å². The molecule has 0 saturated heterocycles. The van der Waals surface area contributed by atoms with Gasteiger partial charge in [-0.15, -0.1) is 0 Å². The van der Waals surface area contributed by atoms with Crippen molar-refractivity contribution < 1.29 is 41.4 Å². The molecule has 0 aromatic heterocycles. The van der Waals surface area contributed by atoms with Gasteiger partial charge in [0, 0.05) is 19.3 Å². The van der Waals surface area contributed by atoms with E-state index in [2.05, 4.69) is 4.72 Å². The highest BCUT2D eigenvalue weighted by atomic mass is 32.2. The zero-order chi connectivity index (χ0) is 28.0. The Morgan fingerprint density at radius 1 is 0.919 bits per heavy atom. The number of nitrogens with one attached hydrogen (secondary N) is 1. The smallest absolute Gasteiger partial charge is 0.478 e. The third-order valence-corrected chi connectivity index (χ3v) is 6.26. The van der Waals surface area contributed by atoms with Crippen LogP contribution in [0.4, 0.5) is 24.5 Å². The second-order valence-electron chi connectivity index (χ2n) is 8.11. The third kappa shape index (κ3) is 8.53. The number of aromatic carboxylic acids is 1. The molecule has 3 rings (SSSR count). The molecule has 0 fully saturated rings. The molecule has 0 spiro atoms. The lowest BCUT2D eigenvalue weighted by atomic mass is 10.1. The number of halogens is 3. The standard InChI is InChI=1S/C23H24N2O4S.C2HF3O2/c1-16-11-17(2)13-20(12-16)30(28,29)24-19-9-10-22(21(14-19)23(26)27)25(3)15-18-7-5-4-6-8-18;3-2(4,5)1(6)7/h4-14,24H,15H2,1-3H3,(H,26,27);(H,6,7). The van der Waals surface area contributed by atoms with Gasteiger partial charge in [-0.2, -0.15) is 13.2 Å². The summed E-state index contributed by atoms with van der Waals surface area (Å²) in [7, 11) is -2.04. The van der Waals surface area contributed by atoms with Crippen LogP contribution in [0.3, 0.4) is 0 Å². The number of anilines is 2. The first-order valence-electron chi connectivity index (χ1n) is 10.6. The number of benzene rings is 3. The largest absolute Gasteiger partial charge is 0.490 e.